The lowest BCUT2D eigenvalue weighted by molar-refractivity contribution is -0.129. The molecule has 3 nitrogen and oxygen atoms in total. The maximum Gasteiger partial charge on any atom is 0.240 e. The van der Waals surface area contributed by atoms with Crippen LogP contribution in [0.5, 0.6) is 0 Å². The highest BCUT2D eigenvalue weighted by Gasteiger charge is 2.29. The van der Waals surface area contributed by atoms with Crippen LogP contribution in [0.15, 0.2) is 30.3 Å². The van der Waals surface area contributed by atoms with Gasteiger partial charge in [-0.2, -0.15) is 0 Å². The molecule has 80 valence electrons. The van der Waals surface area contributed by atoms with E-state index in [9.17, 15) is 4.79 Å². The minimum atomic E-state index is 0.0220. The second-order valence-electron chi connectivity index (χ2n) is 3.88. The molecule has 1 aliphatic rings. The summed E-state index contributed by atoms with van der Waals surface area (Å²) in [6, 6.07) is 10.1. The fraction of sp³-hybridized carbons (Fsp3) is 0.417. The third-order valence-electron chi connectivity index (χ3n) is 2.86. The molecule has 1 amide bonds. The van der Waals surface area contributed by atoms with Gasteiger partial charge in [0.25, 0.3) is 0 Å². The maximum atomic E-state index is 11.8. The van der Waals surface area contributed by atoms with E-state index in [-0.39, 0.29) is 11.9 Å². The largest absolute Gasteiger partial charge is 0.337 e. The Kier molecular flexibility index (Phi) is 3.02. The van der Waals surface area contributed by atoms with E-state index in [1.54, 1.807) is 0 Å². The molecule has 0 aliphatic carbocycles. The van der Waals surface area contributed by atoms with Crippen molar-refractivity contribution in [3.05, 3.63) is 35.9 Å². The van der Waals surface area contributed by atoms with Gasteiger partial charge in [0, 0.05) is 13.1 Å². The van der Waals surface area contributed by atoms with Gasteiger partial charge in [-0.25, -0.2) is 0 Å². The van der Waals surface area contributed by atoms with Gasteiger partial charge in [0.2, 0.25) is 5.91 Å². The monoisotopic (exact) mass is 204 g/mol. The number of nitrogens with zero attached hydrogens (tertiary/aromatic N) is 1. The van der Waals surface area contributed by atoms with Crippen LogP contribution in [0.2, 0.25) is 0 Å². The molecule has 1 atom stereocenters. The van der Waals surface area contributed by atoms with E-state index in [0.717, 1.165) is 19.5 Å². The summed E-state index contributed by atoms with van der Waals surface area (Å²) in [6.07, 6.45) is 0.919. The normalized spacial score (nSPS) is 21.0. The molecule has 1 fully saturated rings. The van der Waals surface area contributed by atoms with Crippen molar-refractivity contribution < 1.29 is 4.79 Å². The molecule has 15 heavy (non-hydrogen) atoms. The van der Waals surface area contributed by atoms with Gasteiger partial charge in [-0.3, -0.25) is 4.79 Å². The quantitative estimate of drug-likeness (QED) is 0.797. The van der Waals surface area contributed by atoms with Crippen LogP contribution in [0.3, 0.4) is 0 Å². The molecule has 0 bridgehead atoms. The Morgan fingerprint density at radius 2 is 2.13 bits per heavy atom. The zero-order valence-corrected chi connectivity index (χ0v) is 8.94. The number of hydrogen-bond acceptors (Lipinski definition) is 2. The highest BCUT2D eigenvalue weighted by molar-refractivity contribution is 5.83. The number of carbonyl (C=O) groups is 1. The van der Waals surface area contributed by atoms with Crippen LogP contribution in [0, 0.1) is 0 Å². The summed E-state index contributed by atoms with van der Waals surface area (Å²) in [5, 5.41) is 3.04. The molecule has 1 N–H and O–H groups in total. The molecule has 1 heterocycles. The Balaban J connectivity index is 2.00. The lowest BCUT2D eigenvalue weighted by atomic mass is 10.2. The van der Waals surface area contributed by atoms with Gasteiger partial charge in [0.1, 0.15) is 0 Å². The third kappa shape index (κ3) is 2.18. The minimum Gasteiger partial charge on any atom is -0.337 e. The summed E-state index contributed by atoms with van der Waals surface area (Å²) >= 11 is 0. The van der Waals surface area contributed by atoms with Crippen molar-refractivity contribution in [1.29, 1.82) is 0 Å². The molecule has 0 aromatic heterocycles. The Hall–Kier alpha value is -1.35. The predicted octanol–water partition coefficient (Wildman–Crippen LogP) is 1.01. The van der Waals surface area contributed by atoms with Crippen LogP contribution < -0.4 is 5.32 Å². The standard InChI is InChI=1S/C12H16N2O/c1-13-11-7-8-14(12(11)15)9-10-5-3-2-4-6-10/h2-6,11,13H,7-9H2,1H3/t11-/m1/s1. The first-order valence-corrected chi connectivity index (χ1v) is 5.31. The number of likely N-dealkylation sites (tertiary alicyclic amines) is 1. The average Bonchev–Trinajstić information content (AvgIpc) is 2.62. The van der Waals surface area contributed by atoms with E-state index in [1.807, 2.05) is 30.1 Å². The molecule has 3 heteroatoms. The number of hydrogen-bond donors (Lipinski definition) is 1. The topological polar surface area (TPSA) is 32.3 Å². The molecule has 1 saturated heterocycles. The number of rotatable bonds is 3. The lowest BCUT2D eigenvalue weighted by Gasteiger charge is -2.16. The summed E-state index contributed by atoms with van der Waals surface area (Å²) in [4.78, 5) is 13.7. The third-order valence-corrected chi connectivity index (χ3v) is 2.86. The summed E-state index contributed by atoms with van der Waals surface area (Å²) in [7, 11) is 1.84. The average molecular weight is 204 g/mol. The highest BCUT2D eigenvalue weighted by Crippen LogP contribution is 2.14. The zero-order valence-electron chi connectivity index (χ0n) is 8.94. The van der Waals surface area contributed by atoms with Crippen molar-refractivity contribution in [2.24, 2.45) is 0 Å². The molecule has 0 radical (unpaired) electrons. The Morgan fingerprint density at radius 1 is 1.40 bits per heavy atom. The number of nitrogens with one attached hydrogen (secondary N) is 1. The minimum absolute atomic E-state index is 0.0220. The van der Waals surface area contributed by atoms with Gasteiger partial charge < -0.3 is 10.2 Å². The number of amides is 1. The van der Waals surface area contributed by atoms with Crippen LogP contribution in [0.25, 0.3) is 0 Å². The van der Waals surface area contributed by atoms with Crippen molar-refractivity contribution >= 4 is 5.91 Å². The zero-order chi connectivity index (χ0) is 10.7. The fourth-order valence-corrected chi connectivity index (χ4v) is 1.97. The summed E-state index contributed by atoms with van der Waals surface area (Å²) in [6.45, 7) is 1.59. The first-order valence-electron chi connectivity index (χ1n) is 5.31. The number of likely N-dealkylation sites (N-methyl/N-ethyl adjacent to an activating group) is 1. The van der Waals surface area contributed by atoms with Crippen molar-refractivity contribution in [2.75, 3.05) is 13.6 Å². The van der Waals surface area contributed by atoms with Crippen LogP contribution in [0.1, 0.15) is 12.0 Å². The van der Waals surface area contributed by atoms with Gasteiger partial charge in [-0.15, -0.1) is 0 Å². The predicted molar refractivity (Wildman–Crippen MR) is 59.3 cm³/mol. The van der Waals surface area contributed by atoms with E-state index < -0.39 is 0 Å². The molecule has 0 saturated carbocycles. The van der Waals surface area contributed by atoms with Gasteiger partial charge >= 0.3 is 0 Å². The van der Waals surface area contributed by atoms with E-state index in [1.165, 1.54) is 5.56 Å². The van der Waals surface area contributed by atoms with Gasteiger partial charge in [0.15, 0.2) is 0 Å². The van der Waals surface area contributed by atoms with Crippen LogP contribution in [-0.2, 0) is 11.3 Å². The first kappa shape index (κ1) is 10.2. The molecule has 0 spiro atoms. The molecule has 2 rings (SSSR count). The first-order chi connectivity index (χ1) is 7.31. The van der Waals surface area contributed by atoms with Crippen LogP contribution >= 0.6 is 0 Å². The van der Waals surface area contributed by atoms with E-state index in [4.69, 9.17) is 0 Å². The molecule has 0 unspecified atom stereocenters. The van der Waals surface area contributed by atoms with Crippen molar-refractivity contribution in [3.63, 3.8) is 0 Å². The summed E-state index contributed by atoms with van der Waals surface area (Å²) < 4.78 is 0. The number of carbonyl (C=O) groups excluding carboxylic acids is 1. The van der Waals surface area contributed by atoms with Crippen LogP contribution in [0.4, 0.5) is 0 Å². The second-order valence-corrected chi connectivity index (χ2v) is 3.88. The summed E-state index contributed by atoms with van der Waals surface area (Å²) in [5.74, 6) is 0.223. The Bertz CT molecular complexity index is 337. The van der Waals surface area contributed by atoms with Crippen molar-refractivity contribution in [1.82, 2.24) is 10.2 Å². The molecular formula is C12H16N2O. The Morgan fingerprint density at radius 3 is 2.73 bits per heavy atom. The molecule has 1 aromatic rings. The SMILES string of the molecule is CN[C@@H]1CCN(Cc2ccccc2)C1=O. The van der Waals surface area contributed by atoms with Gasteiger partial charge in [-0.1, -0.05) is 30.3 Å². The fourth-order valence-electron chi connectivity index (χ4n) is 1.97. The van der Waals surface area contributed by atoms with Crippen molar-refractivity contribution in [2.45, 2.75) is 19.0 Å². The van der Waals surface area contributed by atoms with Crippen LogP contribution in [-0.4, -0.2) is 30.4 Å². The van der Waals surface area contributed by atoms with E-state index in [2.05, 4.69) is 17.4 Å². The Labute approximate surface area is 90.1 Å². The summed E-state index contributed by atoms with van der Waals surface area (Å²) in [5.41, 5.74) is 1.20. The molecule has 1 aliphatic heterocycles. The lowest BCUT2D eigenvalue weighted by Crippen LogP contribution is -2.35. The molecule has 1 aromatic carbocycles. The van der Waals surface area contributed by atoms with E-state index >= 15 is 0 Å². The second kappa shape index (κ2) is 4.45. The van der Waals surface area contributed by atoms with Crippen molar-refractivity contribution in [3.8, 4) is 0 Å². The number of benzene rings is 1. The smallest absolute Gasteiger partial charge is 0.240 e. The molecular weight excluding hydrogens is 188 g/mol. The highest BCUT2D eigenvalue weighted by atomic mass is 16.2. The van der Waals surface area contributed by atoms with E-state index in [0.29, 0.717) is 0 Å². The van der Waals surface area contributed by atoms with Gasteiger partial charge in [0.05, 0.1) is 6.04 Å². The maximum absolute atomic E-state index is 11.8. The van der Waals surface area contributed by atoms with Gasteiger partial charge in [-0.05, 0) is 19.0 Å².